The Hall–Kier alpha value is -3.24. The van der Waals surface area contributed by atoms with Crippen LogP contribution in [-0.4, -0.2) is 42.7 Å². The Bertz CT molecular complexity index is 1110. The molecule has 29 heavy (non-hydrogen) atoms. The van der Waals surface area contributed by atoms with Gasteiger partial charge in [-0.05, 0) is 50.2 Å². The van der Waals surface area contributed by atoms with Crippen LogP contribution < -0.4 is 14.8 Å². The van der Waals surface area contributed by atoms with Crippen LogP contribution in [0.1, 0.15) is 12.7 Å². The van der Waals surface area contributed by atoms with Crippen LogP contribution in [0.5, 0.6) is 5.75 Å². The zero-order valence-corrected chi connectivity index (χ0v) is 16.9. The zero-order valence-electron chi connectivity index (χ0n) is 16.1. The van der Waals surface area contributed by atoms with Crippen LogP contribution in [0.15, 0.2) is 53.4 Å². The Kier molecular flexibility index (Phi) is 5.95. The first-order valence-electron chi connectivity index (χ1n) is 8.75. The highest BCUT2D eigenvalue weighted by molar-refractivity contribution is 7.89. The largest absolute Gasteiger partial charge is 0.497 e. The number of sulfonamides is 1. The van der Waals surface area contributed by atoms with Gasteiger partial charge in [-0.25, -0.2) is 13.4 Å². The number of aryl methyl sites for hydroxylation is 1. The molecule has 9 nitrogen and oxygen atoms in total. The number of hydrogen-bond acceptors (Lipinski definition) is 6. The number of benzene rings is 2. The Morgan fingerprint density at radius 3 is 2.52 bits per heavy atom. The van der Waals surface area contributed by atoms with Crippen LogP contribution in [0.4, 0.5) is 5.69 Å². The van der Waals surface area contributed by atoms with E-state index in [9.17, 15) is 13.2 Å². The molecule has 2 aromatic carbocycles. The van der Waals surface area contributed by atoms with Crippen molar-refractivity contribution in [2.75, 3.05) is 12.4 Å². The van der Waals surface area contributed by atoms with Gasteiger partial charge >= 0.3 is 0 Å². The Balaban J connectivity index is 1.68. The Labute approximate surface area is 168 Å². The lowest BCUT2D eigenvalue weighted by Crippen LogP contribution is -2.41. The second kappa shape index (κ2) is 8.41. The highest BCUT2D eigenvalue weighted by Gasteiger charge is 2.22. The molecule has 0 spiro atoms. The van der Waals surface area contributed by atoms with Crippen molar-refractivity contribution >= 4 is 21.6 Å². The van der Waals surface area contributed by atoms with Crippen LogP contribution in [0.3, 0.4) is 0 Å². The molecule has 1 amide bonds. The van der Waals surface area contributed by atoms with E-state index in [0.29, 0.717) is 23.1 Å². The van der Waals surface area contributed by atoms with Gasteiger partial charge in [0.2, 0.25) is 15.9 Å². The highest BCUT2D eigenvalue weighted by atomic mass is 32.2. The van der Waals surface area contributed by atoms with E-state index in [4.69, 9.17) is 4.74 Å². The van der Waals surface area contributed by atoms with E-state index < -0.39 is 22.0 Å². The Morgan fingerprint density at radius 1 is 1.17 bits per heavy atom. The number of ether oxygens (including phenoxy) is 1. The van der Waals surface area contributed by atoms with Crippen molar-refractivity contribution in [1.82, 2.24) is 19.9 Å². The summed E-state index contributed by atoms with van der Waals surface area (Å²) in [6, 6.07) is 11.9. The fourth-order valence-electron chi connectivity index (χ4n) is 2.57. The maximum absolute atomic E-state index is 12.5. The molecule has 0 aliphatic carbocycles. The summed E-state index contributed by atoms with van der Waals surface area (Å²) in [6.45, 7) is 3.26. The van der Waals surface area contributed by atoms with E-state index in [-0.39, 0.29) is 4.90 Å². The van der Waals surface area contributed by atoms with E-state index in [2.05, 4.69) is 25.2 Å². The second-order valence-electron chi connectivity index (χ2n) is 6.33. The van der Waals surface area contributed by atoms with Gasteiger partial charge in [-0.3, -0.25) is 9.89 Å². The number of rotatable bonds is 7. The summed E-state index contributed by atoms with van der Waals surface area (Å²) in [5, 5.41) is 9.55. The van der Waals surface area contributed by atoms with Gasteiger partial charge in [0.1, 0.15) is 11.6 Å². The standard InChI is InChI=1S/C19H21N5O4S/c1-12(24-29(26,27)17-9-7-16(28-3)8-10-17)19(25)21-15-6-4-5-14(11-15)18-20-13(2)22-23-18/h4-12,24H,1-3H3,(H,21,25)(H,20,22,23)/t12-/m0/s1. The third-order valence-electron chi connectivity index (χ3n) is 4.08. The quantitative estimate of drug-likeness (QED) is 0.542. The number of carbonyl (C=O) groups excluding carboxylic acids is 1. The van der Waals surface area contributed by atoms with Gasteiger partial charge in [-0.2, -0.15) is 9.82 Å². The molecule has 0 saturated carbocycles. The number of aromatic amines is 1. The molecule has 0 radical (unpaired) electrons. The zero-order chi connectivity index (χ0) is 21.0. The molecule has 0 fully saturated rings. The van der Waals surface area contributed by atoms with Gasteiger partial charge in [-0.15, -0.1) is 0 Å². The van der Waals surface area contributed by atoms with E-state index in [1.807, 2.05) is 6.07 Å². The number of nitrogens with zero attached hydrogens (tertiary/aromatic N) is 2. The molecule has 0 unspecified atom stereocenters. The van der Waals surface area contributed by atoms with Crippen molar-refractivity contribution in [3.05, 3.63) is 54.4 Å². The van der Waals surface area contributed by atoms with Gasteiger partial charge in [0.15, 0.2) is 5.82 Å². The van der Waals surface area contributed by atoms with Crippen molar-refractivity contribution in [3.8, 4) is 17.1 Å². The van der Waals surface area contributed by atoms with Gasteiger partial charge in [0, 0.05) is 11.3 Å². The smallest absolute Gasteiger partial charge is 0.242 e. The number of hydrogen-bond donors (Lipinski definition) is 3. The molecule has 0 bridgehead atoms. The predicted molar refractivity (Wildman–Crippen MR) is 108 cm³/mol. The number of anilines is 1. The van der Waals surface area contributed by atoms with Crippen molar-refractivity contribution in [3.63, 3.8) is 0 Å². The first kappa shape index (κ1) is 20.5. The van der Waals surface area contributed by atoms with Crippen LogP contribution in [0.25, 0.3) is 11.4 Å². The molecular formula is C19H21N5O4S. The minimum Gasteiger partial charge on any atom is -0.497 e. The fraction of sp³-hybridized carbons (Fsp3) is 0.211. The number of nitrogens with one attached hydrogen (secondary N) is 3. The summed E-state index contributed by atoms with van der Waals surface area (Å²) < 4.78 is 32.4. The lowest BCUT2D eigenvalue weighted by atomic mass is 10.2. The van der Waals surface area contributed by atoms with Crippen molar-refractivity contribution < 1.29 is 17.9 Å². The SMILES string of the molecule is COc1ccc(S(=O)(=O)N[C@@H](C)C(=O)Nc2cccc(-c3n[nH]c(C)n3)c2)cc1. The summed E-state index contributed by atoms with van der Waals surface area (Å²) in [5.74, 6) is 1.23. The number of carbonyl (C=O) groups is 1. The van der Waals surface area contributed by atoms with Crippen molar-refractivity contribution in [2.45, 2.75) is 24.8 Å². The summed E-state index contributed by atoms with van der Waals surface area (Å²) in [5.41, 5.74) is 1.23. The van der Waals surface area contributed by atoms with Gasteiger partial charge in [0.25, 0.3) is 0 Å². The van der Waals surface area contributed by atoms with Crippen molar-refractivity contribution in [1.29, 1.82) is 0 Å². The summed E-state index contributed by atoms with van der Waals surface area (Å²) in [7, 11) is -2.37. The molecule has 3 rings (SSSR count). The minimum atomic E-state index is -3.86. The molecule has 0 saturated heterocycles. The van der Waals surface area contributed by atoms with Crippen LogP contribution >= 0.6 is 0 Å². The molecule has 0 aliphatic heterocycles. The average Bonchev–Trinajstić information content (AvgIpc) is 3.14. The molecule has 3 aromatic rings. The van der Waals surface area contributed by atoms with Crippen LogP contribution in [0.2, 0.25) is 0 Å². The summed E-state index contributed by atoms with van der Waals surface area (Å²) in [4.78, 5) is 16.8. The summed E-state index contributed by atoms with van der Waals surface area (Å²) >= 11 is 0. The molecule has 1 aromatic heterocycles. The molecule has 1 heterocycles. The third kappa shape index (κ3) is 4.98. The number of aromatic nitrogens is 3. The fourth-order valence-corrected chi connectivity index (χ4v) is 3.77. The first-order chi connectivity index (χ1) is 13.8. The van der Waals surface area contributed by atoms with E-state index in [0.717, 1.165) is 5.56 Å². The third-order valence-corrected chi connectivity index (χ3v) is 5.64. The first-order valence-corrected chi connectivity index (χ1v) is 10.2. The normalized spacial score (nSPS) is 12.4. The average molecular weight is 415 g/mol. The monoisotopic (exact) mass is 415 g/mol. The van der Waals surface area contributed by atoms with Crippen LogP contribution in [-0.2, 0) is 14.8 Å². The number of amides is 1. The van der Waals surface area contributed by atoms with E-state index in [1.54, 1.807) is 25.1 Å². The topological polar surface area (TPSA) is 126 Å². The summed E-state index contributed by atoms with van der Waals surface area (Å²) in [6.07, 6.45) is 0. The second-order valence-corrected chi connectivity index (χ2v) is 8.05. The van der Waals surface area contributed by atoms with Gasteiger partial charge in [0.05, 0.1) is 18.0 Å². The number of methoxy groups -OCH3 is 1. The van der Waals surface area contributed by atoms with E-state index >= 15 is 0 Å². The number of H-pyrrole nitrogens is 1. The maximum Gasteiger partial charge on any atom is 0.242 e. The molecule has 1 atom stereocenters. The molecule has 3 N–H and O–H groups in total. The Morgan fingerprint density at radius 2 is 1.90 bits per heavy atom. The highest BCUT2D eigenvalue weighted by Crippen LogP contribution is 2.20. The van der Waals surface area contributed by atoms with Gasteiger partial charge < -0.3 is 10.1 Å². The molecule has 0 aliphatic rings. The lowest BCUT2D eigenvalue weighted by molar-refractivity contribution is -0.117. The molecule has 10 heteroatoms. The maximum atomic E-state index is 12.5. The lowest BCUT2D eigenvalue weighted by Gasteiger charge is -2.15. The van der Waals surface area contributed by atoms with Gasteiger partial charge in [-0.1, -0.05) is 12.1 Å². The minimum absolute atomic E-state index is 0.0416. The molecule has 152 valence electrons. The van der Waals surface area contributed by atoms with Crippen molar-refractivity contribution in [2.24, 2.45) is 0 Å². The molecular weight excluding hydrogens is 394 g/mol. The van der Waals surface area contributed by atoms with E-state index in [1.165, 1.54) is 38.3 Å². The van der Waals surface area contributed by atoms with Crippen LogP contribution in [0, 0.1) is 6.92 Å². The predicted octanol–water partition coefficient (Wildman–Crippen LogP) is 2.09.